The molecule has 3 atom stereocenters. The fraction of sp³-hybridized carbons (Fsp3) is 1.00. The zero-order valence-electron chi connectivity index (χ0n) is 11.6. The Kier molecular flexibility index (Phi) is 4.11. The summed E-state index contributed by atoms with van der Waals surface area (Å²) in [5, 5.41) is 13.1. The second-order valence-electron chi connectivity index (χ2n) is 6.76. The van der Waals surface area contributed by atoms with E-state index in [2.05, 4.69) is 31.1 Å². The van der Waals surface area contributed by atoms with Gasteiger partial charge in [-0.3, -0.25) is 0 Å². The van der Waals surface area contributed by atoms with Crippen molar-refractivity contribution in [3.8, 4) is 0 Å². The van der Waals surface area contributed by atoms with Crippen LogP contribution in [0.4, 0.5) is 0 Å². The summed E-state index contributed by atoms with van der Waals surface area (Å²) in [5.41, 5.74) is 0.496. The number of rotatable bonds is 3. The normalized spacial score (nSPS) is 38.5. The lowest BCUT2D eigenvalue weighted by Crippen LogP contribution is -2.46. The highest BCUT2D eigenvalue weighted by molar-refractivity contribution is 4.90. The van der Waals surface area contributed by atoms with Crippen LogP contribution in [0.5, 0.6) is 0 Å². The summed E-state index contributed by atoms with van der Waals surface area (Å²) >= 11 is 0. The van der Waals surface area contributed by atoms with Gasteiger partial charge < -0.3 is 15.3 Å². The van der Waals surface area contributed by atoms with Crippen molar-refractivity contribution in [2.24, 2.45) is 11.3 Å². The maximum Gasteiger partial charge on any atom is 0.0679 e. The lowest BCUT2D eigenvalue weighted by molar-refractivity contribution is 0.104. The molecule has 3 nitrogen and oxygen atoms in total. The van der Waals surface area contributed by atoms with Gasteiger partial charge >= 0.3 is 0 Å². The lowest BCUT2D eigenvalue weighted by Gasteiger charge is -2.42. The first kappa shape index (κ1) is 13.3. The van der Waals surface area contributed by atoms with Gasteiger partial charge in [0, 0.05) is 25.7 Å². The Morgan fingerprint density at radius 3 is 2.71 bits per heavy atom. The monoisotopic (exact) mass is 240 g/mol. The second kappa shape index (κ2) is 5.25. The molecule has 2 rings (SSSR count). The summed E-state index contributed by atoms with van der Waals surface area (Å²) in [6.07, 6.45) is 4.81. The SMILES string of the molecule is CNC1CCC(C)(C)CC1CN1CCC(O)C1. The molecule has 3 heteroatoms. The van der Waals surface area contributed by atoms with Gasteiger partial charge in [-0.25, -0.2) is 0 Å². The number of hydrogen-bond donors (Lipinski definition) is 2. The molecule has 1 saturated heterocycles. The van der Waals surface area contributed by atoms with Crippen LogP contribution in [0.25, 0.3) is 0 Å². The molecule has 2 aliphatic rings. The maximum atomic E-state index is 9.60. The highest BCUT2D eigenvalue weighted by Crippen LogP contribution is 2.39. The topological polar surface area (TPSA) is 35.5 Å². The summed E-state index contributed by atoms with van der Waals surface area (Å²) in [6.45, 7) is 7.91. The van der Waals surface area contributed by atoms with Crippen molar-refractivity contribution < 1.29 is 5.11 Å². The zero-order chi connectivity index (χ0) is 12.5. The molecule has 0 amide bonds. The number of nitrogens with one attached hydrogen (secondary N) is 1. The minimum absolute atomic E-state index is 0.0837. The Bertz CT molecular complexity index is 255. The Morgan fingerprint density at radius 2 is 2.12 bits per heavy atom. The van der Waals surface area contributed by atoms with E-state index >= 15 is 0 Å². The van der Waals surface area contributed by atoms with Crippen LogP contribution in [0.2, 0.25) is 0 Å². The molecular formula is C14H28N2O. The molecule has 1 aliphatic carbocycles. The van der Waals surface area contributed by atoms with Gasteiger partial charge in [0.15, 0.2) is 0 Å². The average Bonchev–Trinajstić information content (AvgIpc) is 2.63. The maximum absolute atomic E-state index is 9.60. The van der Waals surface area contributed by atoms with Crippen molar-refractivity contribution in [1.29, 1.82) is 0 Å². The number of nitrogens with zero attached hydrogens (tertiary/aromatic N) is 1. The molecule has 0 aromatic carbocycles. The zero-order valence-corrected chi connectivity index (χ0v) is 11.6. The van der Waals surface area contributed by atoms with Crippen LogP contribution in [0.1, 0.15) is 39.5 Å². The van der Waals surface area contributed by atoms with Crippen LogP contribution < -0.4 is 5.32 Å². The van der Waals surface area contributed by atoms with Gasteiger partial charge in [-0.1, -0.05) is 13.8 Å². The second-order valence-corrected chi connectivity index (χ2v) is 6.76. The molecule has 1 heterocycles. The number of aliphatic hydroxyl groups excluding tert-OH is 1. The van der Waals surface area contributed by atoms with Crippen molar-refractivity contribution >= 4 is 0 Å². The third-order valence-electron chi connectivity index (χ3n) is 4.63. The van der Waals surface area contributed by atoms with Gasteiger partial charge in [-0.15, -0.1) is 0 Å². The number of aliphatic hydroxyl groups is 1. The molecule has 2 fully saturated rings. The Balaban J connectivity index is 1.91. The molecule has 0 radical (unpaired) electrons. The van der Waals surface area contributed by atoms with Gasteiger partial charge in [-0.2, -0.15) is 0 Å². The molecule has 0 aromatic rings. The molecule has 2 N–H and O–H groups in total. The van der Waals surface area contributed by atoms with Crippen LogP contribution in [0.3, 0.4) is 0 Å². The van der Waals surface area contributed by atoms with E-state index in [0.717, 1.165) is 32.0 Å². The molecular weight excluding hydrogens is 212 g/mol. The first-order valence-corrected chi connectivity index (χ1v) is 7.08. The average molecular weight is 240 g/mol. The summed E-state index contributed by atoms with van der Waals surface area (Å²) in [5.74, 6) is 0.744. The number of β-amino-alcohol motifs (C(OH)–C–C–N with tert-alkyl or cyclic N) is 1. The third kappa shape index (κ3) is 3.43. The van der Waals surface area contributed by atoms with Gasteiger partial charge in [0.05, 0.1) is 6.10 Å². The van der Waals surface area contributed by atoms with Gasteiger partial charge in [0.1, 0.15) is 0 Å². The fourth-order valence-corrected chi connectivity index (χ4v) is 3.62. The van der Waals surface area contributed by atoms with Gasteiger partial charge in [0.2, 0.25) is 0 Å². The first-order valence-electron chi connectivity index (χ1n) is 7.08. The predicted molar refractivity (Wildman–Crippen MR) is 71.0 cm³/mol. The van der Waals surface area contributed by atoms with E-state index < -0.39 is 0 Å². The summed E-state index contributed by atoms with van der Waals surface area (Å²) in [4.78, 5) is 2.45. The van der Waals surface area contributed by atoms with Crippen LogP contribution in [-0.4, -0.2) is 48.8 Å². The van der Waals surface area contributed by atoms with Crippen LogP contribution in [-0.2, 0) is 0 Å². The quantitative estimate of drug-likeness (QED) is 0.784. The molecule has 17 heavy (non-hydrogen) atoms. The molecule has 3 unspecified atom stereocenters. The molecule has 0 bridgehead atoms. The van der Waals surface area contributed by atoms with Crippen molar-refractivity contribution in [2.75, 3.05) is 26.7 Å². The van der Waals surface area contributed by atoms with E-state index in [1.165, 1.54) is 19.3 Å². The van der Waals surface area contributed by atoms with E-state index in [-0.39, 0.29) is 6.10 Å². The lowest BCUT2D eigenvalue weighted by atomic mass is 9.70. The van der Waals surface area contributed by atoms with E-state index in [0.29, 0.717) is 11.5 Å². The smallest absolute Gasteiger partial charge is 0.0679 e. The molecule has 0 spiro atoms. The number of likely N-dealkylation sites (tertiary alicyclic amines) is 1. The Labute approximate surface area is 106 Å². The molecule has 100 valence electrons. The highest BCUT2D eigenvalue weighted by atomic mass is 16.3. The van der Waals surface area contributed by atoms with E-state index in [1.54, 1.807) is 0 Å². The summed E-state index contributed by atoms with van der Waals surface area (Å²) in [6, 6.07) is 0.667. The third-order valence-corrected chi connectivity index (χ3v) is 4.63. The molecule has 1 aliphatic heterocycles. The summed E-state index contributed by atoms with van der Waals surface area (Å²) < 4.78 is 0. The van der Waals surface area contributed by atoms with Gasteiger partial charge in [0.25, 0.3) is 0 Å². The van der Waals surface area contributed by atoms with E-state index in [4.69, 9.17) is 0 Å². The Hall–Kier alpha value is -0.120. The van der Waals surface area contributed by atoms with Crippen LogP contribution in [0, 0.1) is 11.3 Å². The Morgan fingerprint density at radius 1 is 1.35 bits per heavy atom. The number of hydrogen-bond acceptors (Lipinski definition) is 3. The standard InChI is InChI=1S/C14H28N2O/c1-14(2)6-4-13(15-3)11(8-14)9-16-7-5-12(17)10-16/h11-13,15,17H,4-10H2,1-3H3. The van der Waals surface area contributed by atoms with Crippen molar-refractivity contribution in [2.45, 2.75) is 51.7 Å². The largest absolute Gasteiger partial charge is 0.392 e. The van der Waals surface area contributed by atoms with Crippen LogP contribution >= 0.6 is 0 Å². The van der Waals surface area contributed by atoms with Crippen molar-refractivity contribution in [3.63, 3.8) is 0 Å². The molecule has 1 saturated carbocycles. The van der Waals surface area contributed by atoms with Crippen molar-refractivity contribution in [3.05, 3.63) is 0 Å². The van der Waals surface area contributed by atoms with Crippen LogP contribution in [0.15, 0.2) is 0 Å². The van der Waals surface area contributed by atoms with Crippen molar-refractivity contribution in [1.82, 2.24) is 10.2 Å². The van der Waals surface area contributed by atoms with E-state index in [1.807, 2.05) is 0 Å². The highest BCUT2D eigenvalue weighted by Gasteiger charge is 2.35. The molecule has 0 aromatic heterocycles. The fourth-order valence-electron chi connectivity index (χ4n) is 3.62. The predicted octanol–water partition coefficient (Wildman–Crippen LogP) is 1.47. The first-order chi connectivity index (χ1) is 8.00. The van der Waals surface area contributed by atoms with E-state index in [9.17, 15) is 5.11 Å². The minimum atomic E-state index is -0.0837. The van der Waals surface area contributed by atoms with Gasteiger partial charge in [-0.05, 0) is 44.1 Å². The minimum Gasteiger partial charge on any atom is -0.392 e. The summed E-state index contributed by atoms with van der Waals surface area (Å²) in [7, 11) is 2.09.